The fourth-order valence-corrected chi connectivity index (χ4v) is 3.50. The van der Waals surface area contributed by atoms with Crippen molar-refractivity contribution >= 4 is 23.7 Å². The summed E-state index contributed by atoms with van der Waals surface area (Å²) in [5, 5.41) is 26.8. The van der Waals surface area contributed by atoms with E-state index in [-0.39, 0.29) is 19.3 Å². The predicted octanol–water partition coefficient (Wildman–Crippen LogP) is -2.87. The molecule has 0 aliphatic heterocycles. The molecule has 3 amide bonds. The van der Waals surface area contributed by atoms with Crippen LogP contribution in [0.15, 0.2) is 37.6 Å². The third-order valence-corrected chi connectivity index (χ3v) is 5.64. The molecule has 10 N–H and O–H groups in total. The van der Waals surface area contributed by atoms with Gasteiger partial charge in [-0.2, -0.15) is 0 Å². The molecule has 38 heavy (non-hydrogen) atoms. The molecule has 0 aromatic carbocycles. The van der Waals surface area contributed by atoms with Gasteiger partial charge in [0.1, 0.15) is 24.2 Å². The van der Waals surface area contributed by atoms with Crippen LogP contribution in [-0.2, 0) is 38.4 Å². The van der Waals surface area contributed by atoms with Crippen molar-refractivity contribution in [1.29, 1.82) is 0 Å². The van der Waals surface area contributed by atoms with Crippen LogP contribution in [0.4, 0.5) is 0 Å². The zero-order chi connectivity index (χ0) is 27.7. The number of carbonyl (C=O) groups excluding carboxylic acids is 3. The first-order chi connectivity index (χ1) is 18.1. The van der Waals surface area contributed by atoms with Crippen LogP contribution >= 0.6 is 0 Å². The maximum absolute atomic E-state index is 13.3. The highest BCUT2D eigenvalue weighted by Crippen LogP contribution is 2.06. The lowest BCUT2D eigenvalue weighted by atomic mass is 10.1. The zero-order valence-corrected chi connectivity index (χ0v) is 20.4. The van der Waals surface area contributed by atoms with Gasteiger partial charge in [-0.3, -0.25) is 14.4 Å². The number of nitrogens with zero attached hydrogens (tertiary/aromatic N) is 3. The van der Waals surface area contributed by atoms with Gasteiger partial charge < -0.3 is 46.8 Å². The molecule has 0 radical (unpaired) electrons. The molecule has 16 nitrogen and oxygen atoms in total. The van der Waals surface area contributed by atoms with E-state index in [4.69, 9.17) is 5.73 Å². The summed E-state index contributed by atoms with van der Waals surface area (Å²) >= 11 is 0. The van der Waals surface area contributed by atoms with Gasteiger partial charge in [-0.25, -0.2) is 19.7 Å². The van der Waals surface area contributed by atoms with Crippen molar-refractivity contribution < 1.29 is 29.4 Å². The van der Waals surface area contributed by atoms with Crippen molar-refractivity contribution in [3.8, 4) is 0 Å². The Balaban J connectivity index is 1.79. The number of rotatable bonds is 14. The summed E-state index contributed by atoms with van der Waals surface area (Å²) in [6.45, 7) is 1.33. The number of aliphatic hydroxyl groups excluding tert-OH is 1. The first-order valence-electron chi connectivity index (χ1n) is 11.6. The van der Waals surface area contributed by atoms with Crippen molar-refractivity contribution in [2.24, 2.45) is 5.73 Å². The van der Waals surface area contributed by atoms with Gasteiger partial charge in [0.05, 0.1) is 25.1 Å². The van der Waals surface area contributed by atoms with E-state index < -0.39 is 54.0 Å². The van der Waals surface area contributed by atoms with Crippen LogP contribution in [0.1, 0.15) is 24.0 Å². The third kappa shape index (κ3) is 7.97. The van der Waals surface area contributed by atoms with E-state index in [1.165, 1.54) is 44.5 Å². The summed E-state index contributed by atoms with van der Waals surface area (Å²) in [6, 6.07) is -5.05. The van der Waals surface area contributed by atoms with E-state index in [1.54, 1.807) is 0 Å². The smallest absolute Gasteiger partial charge is 0.326 e. The maximum atomic E-state index is 13.3. The van der Waals surface area contributed by atoms with Gasteiger partial charge in [0, 0.05) is 54.9 Å². The fraction of sp³-hybridized carbons (Fsp3) is 0.409. The monoisotopic (exact) mass is 530 g/mol. The van der Waals surface area contributed by atoms with Crippen molar-refractivity contribution in [3.63, 3.8) is 0 Å². The molecule has 5 unspecified atom stereocenters. The predicted molar refractivity (Wildman–Crippen MR) is 130 cm³/mol. The molecule has 3 heterocycles. The topological polar surface area (TPSA) is 257 Å². The zero-order valence-electron chi connectivity index (χ0n) is 20.4. The van der Waals surface area contributed by atoms with Crippen LogP contribution in [0, 0.1) is 0 Å². The summed E-state index contributed by atoms with van der Waals surface area (Å²) < 4.78 is 0. The quantitative estimate of drug-likeness (QED) is 0.103. The number of nitrogens with one attached hydrogen (secondary N) is 6. The Hall–Kier alpha value is -4.57. The van der Waals surface area contributed by atoms with E-state index in [9.17, 15) is 29.4 Å². The minimum absolute atomic E-state index is 0.0277. The molecule has 16 heteroatoms. The van der Waals surface area contributed by atoms with E-state index in [0.717, 1.165) is 0 Å². The normalized spacial score (nSPS) is 15.0. The number of aliphatic hydroxyl groups is 1. The van der Waals surface area contributed by atoms with Gasteiger partial charge in [-0.15, -0.1) is 0 Å². The maximum Gasteiger partial charge on any atom is 0.326 e. The molecule has 0 spiro atoms. The Morgan fingerprint density at radius 2 is 1.13 bits per heavy atom. The number of aromatic nitrogens is 6. The fourth-order valence-electron chi connectivity index (χ4n) is 3.50. The standard InChI is InChI=1S/C22H30N10O6/c1-11(33)18(23)21(36)31-16(3-13-6-25-9-28-13)19(34)30-15(2-12-5-24-8-27-12)20(35)32-17(22(37)38)4-14-7-26-10-29-14/h5-11,15-18,33H,2-4,23H2,1H3,(H,24,27)(H,25,28)(H,26,29)(H,30,34)(H,31,36)(H,32,35)(H,37,38). The minimum Gasteiger partial charge on any atom is -0.480 e. The lowest BCUT2D eigenvalue weighted by molar-refractivity contribution is -0.142. The molecule has 0 aliphatic carbocycles. The Morgan fingerprint density at radius 3 is 1.47 bits per heavy atom. The van der Waals surface area contributed by atoms with Crippen LogP contribution in [-0.4, -0.2) is 94.1 Å². The first kappa shape index (κ1) is 28.0. The van der Waals surface area contributed by atoms with E-state index in [1.807, 2.05) is 0 Å². The van der Waals surface area contributed by atoms with E-state index in [2.05, 4.69) is 45.9 Å². The van der Waals surface area contributed by atoms with Crippen LogP contribution in [0.3, 0.4) is 0 Å². The lowest BCUT2D eigenvalue weighted by Gasteiger charge is -2.25. The van der Waals surface area contributed by atoms with Gasteiger partial charge in [0.15, 0.2) is 0 Å². The summed E-state index contributed by atoms with van der Waals surface area (Å²) in [5.74, 6) is -3.58. The third-order valence-electron chi connectivity index (χ3n) is 5.64. The lowest BCUT2D eigenvalue weighted by Crippen LogP contribution is -2.59. The van der Waals surface area contributed by atoms with Gasteiger partial charge >= 0.3 is 5.97 Å². The largest absolute Gasteiger partial charge is 0.480 e. The number of nitrogens with two attached hydrogens (primary N) is 1. The highest BCUT2D eigenvalue weighted by atomic mass is 16.4. The molecule has 5 atom stereocenters. The summed E-state index contributed by atoms with van der Waals surface area (Å²) in [7, 11) is 0. The molecular formula is C22H30N10O6. The Kier molecular flexibility index (Phi) is 9.66. The van der Waals surface area contributed by atoms with Crippen molar-refractivity contribution in [3.05, 3.63) is 54.7 Å². The Morgan fingerprint density at radius 1 is 0.763 bits per heavy atom. The molecule has 0 saturated heterocycles. The molecule has 0 saturated carbocycles. The molecule has 0 aliphatic rings. The second-order valence-corrected chi connectivity index (χ2v) is 8.63. The van der Waals surface area contributed by atoms with Crippen molar-refractivity contribution in [2.75, 3.05) is 0 Å². The number of carbonyl (C=O) groups is 4. The highest BCUT2D eigenvalue weighted by Gasteiger charge is 2.32. The molecule has 204 valence electrons. The number of amides is 3. The van der Waals surface area contributed by atoms with Crippen LogP contribution in [0.5, 0.6) is 0 Å². The number of hydrogen-bond acceptors (Lipinski definition) is 9. The SMILES string of the molecule is CC(O)C(N)C(=O)NC(Cc1cnc[nH]1)C(=O)NC(Cc1cnc[nH]1)C(=O)NC(Cc1cnc[nH]1)C(=O)O. The van der Waals surface area contributed by atoms with Crippen LogP contribution in [0.2, 0.25) is 0 Å². The Bertz CT molecular complexity index is 1180. The number of H-pyrrole nitrogens is 3. The molecule has 0 fully saturated rings. The molecule has 3 aromatic rings. The van der Waals surface area contributed by atoms with Gasteiger partial charge in [0.25, 0.3) is 0 Å². The second-order valence-electron chi connectivity index (χ2n) is 8.63. The number of hydrogen-bond donors (Lipinski definition) is 9. The molecule has 3 aromatic heterocycles. The summed E-state index contributed by atoms with van der Waals surface area (Å²) in [6.07, 6.45) is 7.21. The number of imidazole rings is 3. The number of aromatic amines is 3. The van der Waals surface area contributed by atoms with Crippen molar-refractivity contribution in [2.45, 2.75) is 56.5 Å². The minimum atomic E-state index is -1.31. The second kappa shape index (κ2) is 13.1. The summed E-state index contributed by atoms with van der Waals surface area (Å²) in [5.41, 5.74) is 7.20. The molecule has 0 bridgehead atoms. The van der Waals surface area contributed by atoms with Crippen LogP contribution < -0.4 is 21.7 Å². The average Bonchev–Trinajstić information content (AvgIpc) is 3.66. The van der Waals surface area contributed by atoms with Gasteiger partial charge in [-0.1, -0.05) is 0 Å². The number of aliphatic carboxylic acids is 1. The first-order valence-corrected chi connectivity index (χ1v) is 11.6. The van der Waals surface area contributed by atoms with Crippen molar-refractivity contribution in [1.82, 2.24) is 45.9 Å². The van der Waals surface area contributed by atoms with Gasteiger partial charge in [0.2, 0.25) is 17.7 Å². The van der Waals surface area contributed by atoms with E-state index in [0.29, 0.717) is 17.1 Å². The van der Waals surface area contributed by atoms with E-state index >= 15 is 0 Å². The highest BCUT2D eigenvalue weighted by molar-refractivity contribution is 5.94. The van der Waals surface area contributed by atoms with Gasteiger partial charge in [-0.05, 0) is 6.92 Å². The molecule has 3 rings (SSSR count). The molecular weight excluding hydrogens is 500 g/mol. The summed E-state index contributed by atoms with van der Waals surface area (Å²) in [4.78, 5) is 70.9. The average molecular weight is 531 g/mol. The number of carboxylic acids is 1. The Labute approximate surface area is 216 Å². The van der Waals surface area contributed by atoms with Crippen LogP contribution in [0.25, 0.3) is 0 Å². The number of carboxylic acid groups (broad SMARTS) is 1.